The van der Waals surface area contributed by atoms with Crippen molar-refractivity contribution in [3.8, 4) is 11.1 Å². The van der Waals surface area contributed by atoms with Crippen molar-refractivity contribution in [3.05, 3.63) is 59.7 Å². The van der Waals surface area contributed by atoms with E-state index >= 15 is 0 Å². The fourth-order valence-corrected chi connectivity index (χ4v) is 4.51. The number of rotatable bonds is 9. The molecule has 1 fully saturated rings. The number of benzene rings is 2. The number of carbonyl (C=O) groups is 3. The van der Waals surface area contributed by atoms with Crippen LogP contribution in [0.25, 0.3) is 11.1 Å². The number of amides is 2. The number of nitrogens with one attached hydrogen (secondary N) is 1. The van der Waals surface area contributed by atoms with Crippen LogP contribution in [-0.2, 0) is 19.2 Å². The summed E-state index contributed by atoms with van der Waals surface area (Å²) < 4.78 is 5.63. The van der Waals surface area contributed by atoms with Gasteiger partial charge in [0.1, 0.15) is 6.61 Å². The van der Waals surface area contributed by atoms with Gasteiger partial charge in [-0.25, -0.2) is 14.7 Å². The smallest absolute Gasteiger partial charge is 0.407 e. The third kappa shape index (κ3) is 5.17. The van der Waals surface area contributed by atoms with Crippen LogP contribution in [0, 0.1) is 5.92 Å². The first-order chi connectivity index (χ1) is 15.9. The molecule has 0 saturated heterocycles. The zero-order valence-electron chi connectivity index (χ0n) is 18.5. The van der Waals surface area contributed by atoms with E-state index in [0.29, 0.717) is 0 Å². The lowest BCUT2D eigenvalue weighted by molar-refractivity contribution is -0.186. The lowest BCUT2D eigenvalue weighted by atomic mass is 9.78. The Morgan fingerprint density at radius 3 is 2.21 bits per heavy atom. The quantitative estimate of drug-likeness (QED) is 0.564. The van der Waals surface area contributed by atoms with Crippen molar-refractivity contribution in [2.75, 3.05) is 20.3 Å². The number of hydrogen-bond acceptors (Lipinski definition) is 5. The van der Waals surface area contributed by atoms with Crippen LogP contribution < -0.4 is 5.32 Å². The molecule has 0 aromatic heterocycles. The average Bonchev–Trinajstić information content (AvgIpc) is 3.08. The Morgan fingerprint density at radius 1 is 1.06 bits per heavy atom. The first-order valence-electron chi connectivity index (χ1n) is 11.2. The molecule has 2 N–H and O–H groups in total. The molecule has 2 aromatic carbocycles. The molecule has 8 heteroatoms. The topological polar surface area (TPSA) is 105 Å². The lowest BCUT2D eigenvalue weighted by Crippen LogP contribution is -2.46. The number of aliphatic carboxylic acids is 1. The van der Waals surface area contributed by atoms with Gasteiger partial charge in [-0.05, 0) is 41.0 Å². The Balaban J connectivity index is 1.37. The van der Waals surface area contributed by atoms with Gasteiger partial charge in [-0.2, -0.15) is 0 Å². The summed E-state index contributed by atoms with van der Waals surface area (Å²) in [6.45, 7) is -0.400. The van der Waals surface area contributed by atoms with Crippen molar-refractivity contribution in [2.45, 2.75) is 37.6 Å². The molecule has 0 spiro atoms. The van der Waals surface area contributed by atoms with E-state index in [-0.39, 0.29) is 24.9 Å². The molecule has 0 aliphatic heterocycles. The molecule has 33 heavy (non-hydrogen) atoms. The molecule has 1 atom stereocenters. The Bertz CT molecular complexity index is 990. The molecular weight excluding hydrogens is 424 g/mol. The highest BCUT2D eigenvalue weighted by molar-refractivity contribution is 5.79. The van der Waals surface area contributed by atoms with Crippen LogP contribution in [-0.4, -0.2) is 54.4 Å². The van der Waals surface area contributed by atoms with Gasteiger partial charge in [-0.1, -0.05) is 55.0 Å². The van der Waals surface area contributed by atoms with Gasteiger partial charge < -0.3 is 15.2 Å². The summed E-state index contributed by atoms with van der Waals surface area (Å²) in [7, 11) is 1.37. The summed E-state index contributed by atoms with van der Waals surface area (Å²) in [4.78, 5) is 40.7. The molecule has 2 aliphatic rings. The van der Waals surface area contributed by atoms with E-state index in [2.05, 4.69) is 29.6 Å². The van der Waals surface area contributed by atoms with Crippen LogP contribution in [0.5, 0.6) is 0 Å². The average molecular weight is 453 g/mol. The fourth-order valence-electron chi connectivity index (χ4n) is 4.51. The van der Waals surface area contributed by atoms with E-state index < -0.39 is 30.6 Å². The molecule has 0 radical (unpaired) electrons. The van der Waals surface area contributed by atoms with E-state index in [1.54, 1.807) is 0 Å². The molecular formula is C25H28N2O6. The summed E-state index contributed by atoms with van der Waals surface area (Å²) in [5.41, 5.74) is 4.58. The van der Waals surface area contributed by atoms with Crippen molar-refractivity contribution in [3.63, 3.8) is 0 Å². The largest absolute Gasteiger partial charge is 0.479 e. The van der Waals surface area contributed by atoms with Crippen LogP contribution in [0.3, 0.4) is 0 Å². The molecule has 2 aliphatic carbocycles. The number of carboxylic acid groups (broad SMARTS) is 1. The summed E-state index contributed by atoms with van der Waals surface area (Å²) >= 11 is 0. The second-order valence-electron chi connectivity index (χ2n) is 8.53. The van der Waals surface area contributed by atoms with E-state index in [0.717, 1.165) is 46.6 Å². The standard InChI is InChI=1S/C25H28N2O6/c1-27(33-15-24(29)30)23(28)13-22(16-7-6-8-16)26-25(31)32-14-21-19-11-4-2-9-17(19)18-10-3-5-12-20(18)21/h2-5,9-12,16,21-22H,6-8,13-15H2,1H3,(H,26,31)(H,29,30). The number of carboxylic acids is 1. The second-order valence-corrected chi connectivity index (χ2v) is 8.53. The number of hydrogen-bond donors (Lipinski definition) is 2. The number of hydroxylamine groups is 2. The molecule has 1 unspecified atom stereocenters. The van der Waals surface area contributed by atoms with Crippen molar-refractivity contribution >= 4 is 18.0 Å². The third-order valence-corrected chi connectivity index (χ3v) is 6.49. The Kier molecular flexibility index (Phi) is 6.93. The van der Waals surface area contributed by atoms with Gasteiger partial charge in [0.2, 0.25) is 5.91 Å². The SMILES string of the molecule is CN(OCC(=O)O)C(=O)CC(NC(=O)OCC1c2ccccc2-c2ccccc21)C1CCC1. The van der Waals surface area contributed by atoms with E-state index in [1.165, 1.54) is 7.05 Å². The minimum absolute atomic E-state index is 0.0188. The second kappa shape index (κ2) is 10.0. The highest BCUT2D eigenvalue weighted by Gasteiger charge is 2.33. The zero-order valence-corrected chi connectivity index (χ0v) is 18.5. The fraction of sp³-hybridized carbons (Fsp3) is 0.400. The Hall–Kier alpha value is -3.39. The van der Waals surface area contributed by atoms with Crippen molar-refractivity contribution in [2.24, 2.45) is 5.92 Å². The molecule has 8 nitrogen and oxygen atoms in total. The van der Waals surface area contributed by atoms with Gasteiger partial charge in [0.25, 0.3) is 0 Å². The van der Waals surface area contributed by atoms with Crippen LogP contribution in [0.1, 0.15) is 42.7 Å². The lowest BCUT2D eigenvalue weighted by Gasteiger charge is -2.34. The molecule has 174 valence electrons. The third-order valence-electron chi connectivity index (χ3n) is 6.49. The van der Waals surface area contributed by atoms with E-state index in [1.807, 2.05) is 24.3 Å². The van der Waals surface area contributed by atoms with Crippen LogP contribution in [0.4, 0.5) is 4.79 Å². The van der Waals surface area contributed by atoms with Crippen molar-refractivity contribution in [1.82, 2.24) is 10.4 Å². The van der Waals surface area contributed by atoms with Crippen molar-refractivity contribution < 1.29 is 29.1 Å². The maximum absolute atomic E-state index is 12.7. The predicted octanol–water partition coefficient (Wildman–Crippen LogP) is 3.56. The molecule has 1 saturated carbocycles. The normalized spacial score (nSPS) is 15.7. The van der Waals surface area contributed by atoms with Gasteiger partial charge in [0, 0.05) is 25.4 Å². The van der Waals surface area contributed by atoms with Gasteiger partial charge in [-0.15, -0.1) is 0 Å². The van der Waals surface area contributed by atoms with E-state index in [9.17, 15) is 14.4 Å². The molecule has 0 heterocycles. The first kappa shape index (κ1) is 22.8. The maximum atomic E-state index is 12.7. The number of carbonyl (C=O) groups excluding carboxylic acids is 2. The molecule has 0 bridgehead atoms. The number of nitrogens with zero attached hydrogens (tertiary/aromatic N) is 1. The van der Waals surface area contributed by atoms with Crippen LogP contribution in [0.2, 0.25) is 0 Å². The number of ether oxygens (including phenoxy) is 1. The predicted molar refractivity (Wildman–Crippen MR) is 120 cm³/mol. The van der Waals surface area contributed by atoms with Gasteiger partial charge in [0.15, 0.2) is 6.61 Å². The highest BCUT2D eigenvalue weighted by Crippen LogP contribution is 2.44. The van der Waals surface area contributed by atoms with Gasteiger partial charge in [-0.3, -0.25) is 9.63 Å². The Labute approximate surface area is 192 Å². The van der Waals surface area contributed by atoms with Crippen molar-refractivity contribution in [1.29, 1.82) is 0 Å². The summed E-state index contributed by atoms with van der Waals surface area (Å²) in [6.07, 6.45) is 2.34. The maximum Gasteiger partial charge on any atom is 0.407 e. The van der Waals surface area contributed by atoms with Crippen LogP contribution >= 0.6 is 0 Å². The monoisotopic (exact) mass is 452 g/mol. The number of fused-ring (bicyclic) bond motifs is 3. The Morgan fingerprint density at radius 2 is 1.67 bits per heavy atom. The highest BCUT2D eigenvalue weighted by atomic mass is 16.7. The molecule has 2 aromatic rings. The summed E-state index contributed by atoms with van der Waals surface area (Å²) in [5, 5.41) is 12.5. The first-order valence-corrected chi connectivity index (χ1v) is 11.2. The molecule has 2 amide bonds. The van der Waals surface area contributed by atoms with Gasteiger partial charge in [0.05, 0.1) is 0 Å². The number of alkyl carbamates (subject to hydrolysis) is 1. The van der Waals surface area contributed by atoms with Gasteiger partial charge >= 0.3 is 12.1 Å². The minimum atomic E-state index is -1.16. The van der Waals surface area contributed by atoms with E-state index in [4.69, 9.17) is 14.7 Å². The molecule has 4 rings (SSSR count). The summed E-state index contributed by atoms with van der Waals surface area (Å²) in [5.74, 6) is -1.42. The zero-order chi connectivity index (χ0) is 23.4. The minimum Gasteiger partial charge on any atom is -0.479 e. The van der Waals surface area contributed by atoms with Crippen LogP contribution in [0.15, 0.2) is 48.5 Å². The summed E-state index contributed by atoms with van der Waals surface area (Å²) in [6, 6.07) is 15.9.